The monoisotopic (exact) mass is 284 g/mol. The summed E-state index contributed by atoms with van der Waals surface area (Å²) in [5.74, 6) is 0. The van der Waals surface area contributed by atoms with E-state index < -0.39 is 35.3 Å². The number of aryl methyl sites for hydroxylation is 1. The number of nitrogens with zero attached hydrogens (tertiary/aromatic N) is 1. The summed E-state index contributed by atoms with van der Waals surface area (Å²) in [6.45, 7) is 1.53. The Morgan fingerprint density at radius 2 is 2.30 bits per heavy atom. The highest BCUT2D eigenvalue weighted by Crippen LogP contribution is 2.43. The second kappa shape index (κ2) is 4.52. The number of aliphatic hydroxyl groups is 2. The Balaban J connectivity index is 2.06. The zero-order chi connectivity index (χ0) is 14.5. The molecule has 110 valence electrons. The average molecular weight is 284 g/mol. The second-order valence-corrected chi connectivity index (χ2v) is 5.24. The molecule has 2 saturated heterocycles. The Morgan fingerprint density at radius 3 is 2.95 bits per heavy atom. The van der Waals surface area contributed by atoms with Crippen LogP contribution in [0.3, 0.4) is 0 Å². The summed E-state index contributed by atoms with van der Waals surface area (Å²) in [6.07, 6.45) is -0.936. The van der Waals surface area contributed by atoms with E-state index in [-0.39, 0.29) is 6.61 Å². The van der Waals surface area contributed by atoms with Gasteiger partial charge in [0.05, 0.1) is 13.2 Å². The molecule has 20 heavy (non-hydrogen) atoms. The highest BCUT2D eigenvalue weighted by Gasteiger charge is 2.58. The van der Waals surface area contributed by atoms with Crippen LogP contribution in [-0.2, 0) is 9.47 Å². The summed E-state index contributed by atoms with van der Waals surface area (Å²) in [7, 11) is 0. The van der Waals surface area contributed by atoms with Crippen molar-refractivity contribution in [3.8, 4) is 0 Å². The first kappa shape index (κ1) is 13.5. The summed E-state index contributed by atoms with van der Waals surface area (Å²) in [5.41, 5.74) is -1.87. The van der Waals surface area contributed by atoms with E-state index in [4.69, 9.17) is 9.47 Å². The van der Waals surface area contributed by atoms with Crippen LogP contribution in [0.1, 0.15) is 18.2 Å². The molecule has 0 spiro atoms. The van der Waals surface area contributed by atoms with Gasteiger partial charge in [0, 0.05) is 18.2 Å². The number of rotatable bonds is 2. The lowest BCUT2D eigenvalue weighted by atomic mass is 9.90. The maximum atomic E-state index is 11.9. The third-order valence-corrected chi connectivity index (χ3v) is 4.01. The Hall–Kier alpha value is -1.48. The van der Waals surface area contributed by atoms with Gasteiger partial charge in [-0.15, -0.1) is 0 Å². The molecule has 2 bridgehead atoms. The molecule has 0 aromatic carbocycles. The van der Waals surface area contributed by atoms with Gasteiger partial charge in [-0.25, -0.2) is 4.79 Å². The molecule has 2 aliphatic rings. The van der Waals surface area contributed by atoms with Gasteiger partial charge in [-0.3, -0.25) is 14.3 Å². The molecular formula is C12H16N2O6. The first-order valence-corrected chi connectivity index (χ1v) is 6.39. The van der Waals surface area contributed by atoms with Crippen molar-refractivity contribution in [2.24, 2.45) is 0 Å². The largest absolute Gasteiger partial charge is 0.393 e. The molecule has 3 N–H and O–H groups in total. The predicted molar refractivity (Wildman–Crippen MR) is 66.4 cm³/mol. The standard InChI is InChI=1S/C12H16N2O6/c1-6-4-14(11(18)13-9(6)17)10-7-8(16)12(5-15,20-10)2-3-19-7/h4,7-8,10,15-16H,2-3,5H2,1H3,(H,13,17,18). The molecule has 8 nitrogen and oxygen atoms in total. The molecule has 4 atom stereocenters. The van der Waals surface area contributed by atoms with Crippen LogP contribution >= 0.6 is 0 Å². The van der Waals surface area contributed by atoms with Gasteiger partial charge < -0.3 is 19.7 Å². The first-order chi connectivity index (χ1) is 9.48. The lowest BCUT2D eigenvalue weighted by molar-refractivity contribution is -0.144. The molecule has 1 aromatic rings. The Kier molecular flexibility index (Phi) is 3.05. The highest BCUT2D eigenvalue weighted by atomic mass is 16.6. The van der Waals surface area contributed by atoms with E-state index >= 15 is 0 Å². The number of aromatic nitrogens is 2. The van der Waals surface area contributed by atoms with E-state index in [1.54, 1.807) is 6.92 Å². The fraction of sp³-hybridized carbons (Fsp3) is 0.667. The number of aliphatic hydroxyl groups excluding tert-OH is 2. The van der Waals surface area contributed by atoms with Gasteiger partial charge in [-0.1, -0.05) is 0 Å². The predicted octanol–water partition coefficient (Wildman–Crippen LogP) is -1.75. The van der Waals surface area contributed by atoms with Gasteiger partial charge in [0.2, 0.25) is 0 Å². The molecule has 0 aliphatic carbocycles. The van der Waals surface area contributed by atoms with Crippen molar-refractivity contribution >= 4 is 0 Å². The number of nitrogens with one attached hydrogen (secondary N) is 1. The van der Waals surface area contributed by atoms with E-state index in [2.05, 4.69) is 4.98 Å². The number of hydrogen-bond donors (Lipinski definition) is 3. The van der Waals surface area contributed by atoms with Crippen molar-refractivity contribution in [1.82, 2.24) is 9.55 Å². The van der Waals surface area contributed by atoms with E-state index in [1.165, 1.54) is 10.8 Å². The molecule has 0 amide bonds. The van der Waals surface area contributed by atoms with E-state index in [1.807, 2.05) is 0 Å². The quantitative estimate of drug-likeness (QED) is 0.594. The minimum atomic E-state index is -1.11. The summed E-state index contributed by atoms with van der Waals surface area (Å²) in [6, 6.07) is 0. The third-order valence-electron chi connectivity index (χ3n) is 4.01. The molecule has 2 fully saturated rings. The van der Waals surface area contributed by atoms with Crippen LogP contribution in [-0.4, -0.2) is 50.8 Å². The van der Waals surface area contributed by atoms with Crippen LogP contribution in [0.4, 0.5) is 0 Å². The average Bonchev–Trinajstić information content (AvgIpc) is 2.60. The number of ether oxygens (including phenoxy) is 2. The van der Waals surface area contributed by atoms with Crippen molar-refractivity contribution in [2.45, 2.75) is 37.4 Å². The van der Waals surface area contributed by atoms with Gasteiger partial charge in [-0.2, -0.15) is 0 Å². The maximum absolute atomic E-state index is 11.9. The normalized spacial score (nSPS) is 36.2. The Morgan fingerprint density at radius 1 is 1.55 bits per heavy atom. The van der Waals surface area contributed by atoms with Gasteiger partial charge in [0.25, 0.3) is 5.56 Å². The number of aromatic amines is 1. The number of fused-ring (bicyclic) bond motifs is 2. The van der Waals surface area contributed by atoms with Crippen LogP contribution in [0, 0.1) is 6.92 Å². The molecule has 3 heterocycles. The van der Waals surface area contributed by atoms with Gasteiger partial charge >= 0.3 is 5.69 Å². The van der Waals surface area contributed by atoms with Crippen molar-refractivity contribution < 1.29 is 19.7 Å². The van der Waals surface area contributed by atoms with E-state index in [9.17, 15) is 19.8 Å². The van der Waals surface area contributed by atoms with E-state index in [0.29, 0.717) is 18.6 Å². The van der Waals surface area contributed by atoms with Crippen molar-refractivity contribution in [2.75, 3.05) is 13.2 Å². The third kappa shape index (κ3) is 1.76. The van der Waals surface area contributed by atoms with Crippen LogP contribution < -0.4 is 11.2 Å². The van der Waals surface area contributed by atoms with Crippen molar-refractivity contribution in [3.05, 3.63) is 32.6 Å². The number of H-pyrrole nitrogens is 1. The summed E-state index contributed by atoms with van der Waals surface area (Å²) < 4.78 is 12.4. The lowest BCUT2D eigenvalue weighted by Crippen LogP contribution is -2.51. The van der Waals surface area contributed by atoms with Crippen LogP contribution in [0.5, 0.6) is 0 Å². The molecule has 8 heteroatoms. The summed E-state index contributed by atoms with van der Waals surface area (Å²) in [5, 5.41) is 19.7. The zero-order valence-electron chi connectivity index (χ0n) is 10.9. The topological polar surface area (TPSA) is 114 Å². The smallest absolute Gasteiger partial charge is 0.330 e. The summed E-state index contributed by atoms with van der Waals surface area (Å²) in [4.78, 5) is 25.5. The molecular weight excluding hydrogens is 268 g/mol. The van der Waals surface area contributed by atoms with Crippen LogP contribution in [0.2, 0.25) is 0 Å². The van der Waals surface area contributed by atoms with Gasteiger partial charge in [-0.05, 0) is 6.92 Å². The SMILES string of the molecule is Cc1cn(C2OC3(CO)CCOC2C3O)c(=O)[nH]c1=O. The second-order valence-electron chi connectivity index (χ2n) is 5.24. The zero-order valence-corrected chi connectivity index (χ0v) is 10.9. The summed E-state index contributed by atoms with van der Waals surface area (Å²) >= 11 is 0. The Labute approximate surface area is 113 Å². The molecule has 1 aromatic heterocycles. The minimum Gasteiger partial charge on any atom is -0.393 e. The van der Waals surface area contributed by atoms with Crippen molar-refractivity contribution in [1.29, 1.82) is 0 Å². The van der Waals surface area contributed by atoms with Crippen LogP contribution in [0.15, 0.2) is 15.8 Å². The molecule has 0 radical (unpaired) electrons. The maximum Gasteiger partial charge on any atom is 0.330 e. The molecule has 4 unspecified atom stereocenters. The highest BCUT2D eigenvalue weighted by molar-refractivity contribution is 5.07. The fourth-order valence-electron chi connectivity index (χ4n) is 2.78. The van der Waals surface area contributed by atoms with E-state index in [0.717, 1.165) is 0 Å². The Bertz CT molecular complexity index is 638. The van der Waals surface area contributed by atoms with Gasteiger partial charge in [0.1, 0.15) is 17.8 Å². The minimum absolute atomic E-state index is 0.329. The number of hydrogen-bond acceptors (Lipinski definition) is 6. The van der Waals surface area contributed by atoms with Crippen LogP contribution in [0.25, 0.3) is 0 Å². The lowest BCUT2D eigenvalue weighted by Gasteiger charge is -2.33. The molecule has 2 aliphatic heterocycles. The van der Waals surface area contributed by atoms with Crippen molar-refractivity contribution in [3.63, 3.8) is 0 Å². The first-order valence-electron chi connectivity index (χ1n) is 6.39. The molecule has 3 rings (SSSR count). The molecule has 0 saturated carbocycles. The fourth-order valence-corrected chi connectivity index (χ4v) is 2.78. The van der Waals surface area contributed by atoms with Gasteiger partial charge in [0.15, 0.2) is 6.23 Å².